The Labute approximate surface area is 130 Å². The molecule has 0 spiro atoms. The van der Waals surface area contributed by atoms with Gasteiger partial charge in [-0.1, -0.05) is 0 Å². The first-order valence-electron chi connectivity index (χ1n) is 6.97. The molecule has 0 aliphatic carbocycles. The van der Waals surface area contributed by atoms with Gasteiger partial charge in [0, 0.05) is 18.8 Å². The molecular weight excluding hydrogens is 287 g/mol. The highest BCUT2D eigenvalue weighted by atomic mass is 16.5. The van der Waals surface area contributed by atoms with Crippen LogP contribution in [0.15, 0.2) is 12.3 Å². The third-order valence-corrected chi connectivity index (χ3v) is 2.93. The Morgan fingerprint density at radius 2 is 1.86 bits per heavy atom. The molecule has 0 aromatic carbocycles. The lowest BCUT2D eigenvalue weighted by molar-refractivity contribution is -0.145. The molecule has 22 heavy (non-hydrogen) atoms. The number of hydrogen-bond donors (Lipinski definition) is 0. The van der Waals surface area contributed by atoms with E-state index in [1.54, 1.807) is 21.7 Å². The summed E-state index contributed by atoms with van der Waals surface area (Å²) in [6.07, 6.45) is 1.09. The third-order valence-electron chi connectivity index (χ3n) is 2.93. The van der Waals surface area contributed by atoms with Crippen molar-refractivity contribution < 1.29 is 23.9 Å². The largest absolute Gasteiger partial charge is 0.466 e. The maximum Gasteiger partial charge on any atom is 0.341 e. The summed E-state index contributed by atoms with van der Waals surface area (Å²) in [6.45, 7) is 3.78. The van der Waals surface area contributed by atoms with Crippen LogP contribution in [0.3, 0.4) is 0 Å². The fourth-order valence-electron chi connectivity index (χ4n) is 1.88. The average molecular weight is 306 g/mol. The molecule has 0 N–H and O–H groups in total. The van der Waals surface area contributed by atoms with Crippen LogP contribution < -0.4 is 10.5 Å². The van der Waals surface area contributed by atoms with Gasteiger partial charge in [0.2, 0.25) is 5.91 Å². The van der Waals surface area contributed by atoms with E-state index in [0.29, 0.717) is 11.3 Å². The lowest BCUT2D eigenvalue weighted by atomic mass is 9.95. The molecule has 1 heterocycles. The Bertz CT molecular complexity index is 576. The molecule has 1 amide bonds. The van der Waals surface area contributed by atoms with Gasteiger partial charge in [0.25, 0.3) is 0 Å². The molecule has 1 rings (SSSR count). The summed E-state index contributed by atoms with van der Waals surface area (Å²) in [5.74, 6) is -1.64. The van der Waals surface area contributed by atoms with Crippen LogP contribution in [-0.2, 0) is 19.1 Å². The van der Waals surface area contributed by atoms with Gasteiger partial charge >= 0.3 is 11.9 Å². The molecule has 0 saturated heterocycles. The fraction of sp³-hybridized carbons (Fsp3) is 0.429. The summed E-state index contributed by atoms with van der Waals surface area (Å²) >= 11 is 0. The zero-order valence-corrected chi connectivity index (χ0v) is 13.2. The van der Waals surface area contributed by atoms with Crippen LogP contribution in [0.5, 0.6) is 0 Å². The average Bonchev–Trinajstić information content (AvgIpc) is 2.46. The number of anilines is 1. The van der Waals surface area contributed by atoms with Crippen LogP contribution in [0.1, 0.15) is 30.6 Å². The fourth-order valence-corrected chi connectivity index (χ4v) is 1.88. The highest BCUT2D eigenvalue weighted by molar-refractivity contribution is 6.35. The van der Waals surface area contributed by atoms with Crippen LogP contribution in [0.25, 0.3) is 0 Å². The molecule has 8 heteroatoms. The minimum atomic E-state index is -0.609. The maximum absolute atomic E-state index is 12.1. The van der Waals surface area contributed by atoms with Crippen LogP contribution in [0.4, 0.5) is 5.69 Å². The molecule has 1 aromatic heterocycles. The number of aromatic nitrogens is 1. The number of rotatable bonds is 6. The van der Waals surface area contributed by atoms with E-state index in [4.69, 9.17) is 9.47 Å². The van der Waals surface area contributed by atoms with Gasteiger partial charge < -0.3 is 14.4 Å². The zero-order valence-electron chi connectivity index (χ0n) is 13.2. The lowest BCUT2D eigenvalue weighted by Gasteiger charge is -2.20. The van der Waals surface area contributed by atoms with Gasteiger partial charge in [-0.2, -0.15) is 0 Å². The first kappa shape index (κ1) is 17.7. The van der Waals surface area contributed by atoms with Gasteiger partial charge in [0.05, 0.1) is 24.5 Å². The molecule has 0 atom stereocenters. The second-order valence-electron chi connectivity index (χ2n) is 4.45. The number of nitrogens with zero attached hydrogens (tertiary/aromatic N) is 2. The smallest absolute Gasteiger partial charge is 0.341 e. The number of amides is 1. The van der Waals surface area contributed by atoms with E-state index in [-0.39, 0.29) is 18.8 Å². The Kier molecular flexibility index (Phi) is 6.56. The molecule has 0 aliphatic heterocycles. The zero-order chi connectivity index (χ0) is 16.7. The van der Waals surface area contributed by atoms with Gasteiger partial charge in [-0.25, -0.2) is 4.79 Å². The van der Waals surface area contributed by atoms with Gasteiger partial charge in [0.15, 0.2) is 7.85 Å². The van der Waals surface area contributed by atoms with E-state index in [1.807, 2.05) is 0 Å². The second-order valence-corrected chi connectivity index (χ2v) is 4.45. The predicted octanol–water partition coefficient (Wildman–Crippen LogP) is -0.567. The highest BCUT2D eigenvalue weighted by Crippen LogP contribution is 2.18. The van der Waals surface area contributed by atoms with Crippen molar-refractivity contribution in [3.8, 4) is 0 Å². The van der Waals surface area contributed by atoms with Crippen molar-refractivity contribution >= 4 is 37.0 Å². The van der Waals surface area contributed by atoms with Gasteiger partial charge in [-0.3, -0.25) is 14.6 Å². The Morgan fingerprint density at radius 1 is 1.23 bits per heavy atom. The number of carbonyl (C=O) groups excluding carboxylic acids is 3. The van der Waals surface area contributed by atoms with E-state index in [0.717, 1.165) is 0 Å². The minimum absolute atomic E-state index is 0.207. The minimum Gasteiger partial charge on any atom is -0.466 e. The SMILES string of the molecule is Bc1nccc(N(C)C(=O)CC(=O)OCC)c1C(=O)OCC. The molecule has 118 valence electrons. The molecule has 0 bridgehead atoms. The van der Waals surface area contributed by atoms with E-state index in [9.17, 15) is 14.4 Å². The third kappa shape index (κ3) is 4.31. The molecular formula is C14H19BN2O5. The van der Waals surface area contributed by atoms with Crippen molar-refractivity contribution in [1.29, 1.82) is 0 Å². The predicted molar refractivity (Wildman–Crippen MR) is 83.0 cm³/mol. The number of hydrogen-bond acceptors (Lipinski definition) is 6. The van der Waals surface area contributed by atoms with Crippen LogP contribution in [0, 0.1) is 0 Å². The summed E-state index contributed by atoms with van der Waals surface area (Å²) < 4.78 is 9.74. The standard InChI is InChI=1S/C14H19BN2O5/c1-4-21-11(19)8-10(18)17(3)9-6-7-16-13(15)12(9)14(20)22-5-2/h6-7H,4-5,8,15H2,1-3H3. The van der Waals surface area contributed by atoms with Crippen LogP contribution in [-0.4, -0.2) is 50.9 Å². The summed E-state index contributed by atoms with van der Waals surface area (Å²) in [5, 5.41) is 0. The van der Waals surface area contributed by atoms with Crippen molar-refractivity contribution in [3.63, 3.8) is 0 Å². The normalized spacial score (nSPS) is 9.95. The summed E-state index contributed by atoms with van der Waals surface area (Å²) in [4.78, 5) is 40.9. The van der Waals surface area contributed by atoms with Crippen molar-refractivity contribution in [2.24, 2.45) is 0 Å². The Hall–Kier alpha value is -2.38. The summed E-state index contributed by atoms with van der Waals surface area (Å²) in [6, 6.07) is 1.53. The van der Waals surface area contributed by atoms with Crippen LogP contribution >= 0.6 is 0 Å². The van der Waals surface area contributed by atoms with E-state index in [1.165, 1.54) is 24.2 Å². The molecule has 0 saturated carbocycles. The monoisotopic (exact) mass is 306 g/mol. The lowest BCUT2D eigenvalue weighted by Crippen LogP contribution is -2.33. The van der Waals surface area contributed by atoms with Crippen molar-refractivity contribution in [2.75, 3.05) is 25.2 Å². The van der Waals surface area contributed by atoms with Crippen molar-refractivity contribution in [2.45, 2.75) is 20.3 Å². The van der Waals surface area contributed by atoms with Gasteiger partial charge in [-0.05, 0) is 19.9 Å². The van der Waals surface area contributed by atoms with E-state index >= 15 is 0 Å². The Balaban J connectivity index is 3.05. The van der Waals surface area contributed by atoms with Crippen molar-refractivity contribution in [1.82, 2.24) is 4.98 Å². The molecule has 0 aliphatic rings. The van der Waals surface area contributed by atoms with Gasteiger partial charge in [0.1, 0.15) is 6.42 Å². The van der Waals surface area contributed by atoms with E-state index in [2.05, 4.69) is 4.98 Å². The number of pyridine rings is 1. The number of carbonyl (C=O) groups is 3. The maximum atomic E-state index is 12.1. The summed E-state index contributed by atoms with van der Waals surface area (Å²) in [5.41, 5.74) is 1.01. The molecule has 7 nitrogen and oxygen atoms in total. The van der Waals surface area contributed by atoms with E-state index < -0.39 is 24.3 Å². The molecule has 1 aromatic rings. The first-order chi connectivity index (χ1) is 10.4. The van der Waals surface area contributed by atoms with Gasteiger partial charge in [-0.15, -0.1) is 0 Å². The highest BCUT2D eigenvalue weighted by Gasteiger charge is 2.23. The Morgan fingerprint density at radius 3 is 2.45 bits per heavy atom. The van der Waals surface area contributed by atoms with Crippen LogP contribution in [0.2, 0.25) is 0 Å². The second kappa shape index (κ2) is 8.16. The molecule has 0 fully saturated rings. The quantitative estimate of drug-likeness (QED) is 0.397. The molecule has 0 radical (unpaired) electrons. The summed E-state index contributed by atoms with van der Waals surface area (Å²) in [7, 11) is 3.14. The first-order valence-corrected chi connectivity index (χ1v) is 6.97. The molecule has 0 unspecified atom stereocenters. The number of esters is 2. The number of ether oxygens (including phenoxy) is 2. The topological polar surface area (TPSA) is 85.8 Å². The van der Waals surface area contributed by atoms with Crippen molar-refractivity contribution in [3.05, 3.63) is 17.8 Å².